The predicted molar refractivity (Wildman–Crippen MR) is 80.2 cm³/mol. The standard InChI is InChI=1S/C17H23NO3/c1-11(2)21-14-5-3-12(4-6-14)8-18-9-13(10-18)15-7-16(15)17(19)20/h3-6,11,13,15-16H,7-10H2,1-2H3,(H,19,20)/t15-,16+/m0/s1. The first kappa shape index (κ1) is 14.4. The summed E-state index contributed by atoms with van der Waals surface area (Å²) in [6.07, 6.45) is 1.09. The molecule has 1 heterocycles. The largest absolute Gasteiger partial charge is 0.491 e. The molecular weight excluding hydrogens is 266 g/mol. The summed E-state index contributed by atoms with van der Waals surface area (Å²) in [6.45, 7) is 7.08. The van der Waals surface area contributed by atoms with Crippen LogP contribution in [0.1, 0.15) is 25.8 Å². The Labute approximate surface area is 125 Å². The van der Waals surface area contributed by atoms with Crippen molar-refractivity contribution in [1.29, 1.82) is 0 Å². The normalized spacial score (nSPS) is 25.7. The average molecular weight is 289 g/mol. The van der Waals surface area contributed by atoms with Crippen molar-refractivity contribution >= 4 is 5.97 Å². The lowest BCUT2D eigenvalue weighted by Gasteiger charge is -2.39. The van der Waals surface area contributed by atoms with E-state index in [0.717, 1.165) is 31.8 Å². The first-order valence-electron chi connectivity index (χ1n) is 7.73. The van der Waals surface area contributed by atoms with E-state index in [1.54, 1.807) is 0 Å². The van der Waals surface area contributed by atoms with Gasteiger partial charge in [-0.2, -0.15) is 0 Å². The second-order valence-electron chi connectivity index (χ2n) is 6.61. The summed E-state index contributed by atoms with van der Waals surface area (Å²) in [5, 5.41) is 8.96. The minimum Gasteiger partial charge on any atom is -0.491 e. The van der Waals surface area contributed by atoms with E-state index < -0.39 is 5.97 Å². The number of aliphatic carboxylic acids is 1. The number of hydrogen-bond acceptors (Lipinski definition) is 3. The van der Waals surface area contributed by atoms with E-state index in [-0.39, 0.29) is 12.0 Å². The van der Waals surface area contributed by atoms with Crippen molar-refractivity contribution in [2.75, 3.05) is 13.1 Å². The van der Waals surface area contributed by atoms with Crippen LogP contribution < -0.4 is 4.74 Å². The van der Waals surface area contributed by atoms with Gasteiger partial charge in [0.05, 0.1) is 12.0 Å². The van der Waals surface area contributed by atoms with Gasteiger partial charge in [-0.25, -0.2) is 0 Å². The lowest BCUT2D eigenvalue weighted by molar-refractivity contribution is -0.139. The van der Waals surface area contributed by atoms with Gasteiger partial charge < -0.3 is 9.84 Å². The second kappa shape index (κ2) is 5.68. The van der Waals surface area contributed by atoms with Crippen LogP contribution in [0, 0.1) is 17.8 Å². The van der Waals surface area contributed by atoms with Gasteiger partial charge in [0.2, 0.25) is 0 Å². The molecule has 2 fully saturated rings. The zero-order valence-electron chi connectivity index (χ0n) is 12.7. The van der Waals surface area contributed by atoms with Crippen LogP contribution in [0.5, 0.6) is 5.75 Å². The third-order valence-corrected chi connectivity index (χ3v) is 4.45. The maximum Gasteiger partial charge on any atom is 0.306 e. The molecule has 0 spiro atoms. The molecule has 0 amide bonds. The maximum absolute atomic E-state index is 10.9. The lowest BCUT2D eigenvalue weighted by Crippen LogP contribution is -2.47. The van der Waals surface area contributed by atoms with Crippen LogP contribution in [0.4, 0.5) is 0 Å². The number of benzene rings is 1. The summed E-state index contributed by atoms with van der Waals surface area (Å²) in [7, 11) is 0. The SMILES string of the molecule is CC(C)Oc1ccc(CN2CC([C@@H]3C[C@H]3C(=O)O)C2)cc1. The molecule has 114 valence electrons. The summed E-state index contributed by atoms with van der Waals surface area (Å²) < 4.78 is 5.64. The smallest absolute Gasteiger partial charge is 0.306 e. The Hall–Kier alpha value is -1.55. The van der Waals surface area contributed by atoms with E-state index in [1.807, 2.05) is 26.0 Å². The van der Waals surface area contributed by atoms with Gasteiger partial charge in [-0.15, -0.1) is 0 Å². The molecular formula is C17H23NO3. The van der Waals surface area contributed by atoms with Crippen LogP contribution in [0.3, 0.4) is 0 Å². The van der Waals surface area contributed by atoms with Gasteiger partial charge in [0.25, 0.3) is 0 Å². The molecule has 1 aliphatic carbocycles. The summed E-state index contributed by atoms with van der Waals surface area (Å²) in [4.78, 5) is 13.3. The van der Waals surface area contributed by atoms with Crippen molar-refractivity contribution in [3.05, 3.63) is 29.8 Å². The molecule has 0 unspecified atom stereocenters. The zero-order valence-corrected chi connectivity index (χ0v) is 12.7. The molecule has 4 nitrogen and oxygen atoms in total. The van der Waals surface area contributed by atoms with Gasteiger partial charge in [0.1, 0.15) is 5.75 Å². The predicted octanol–water partition coefficient (Wildman–Crippen LogP) is 2.63. The molecule has 0 radical (unpaired) electrons. The molecule has 21 heavy (non-hydrogen) atoms. The molecule has 3 rings (SSSR count). The quantitative estimate of drug-likeness (QED) is 0.874. The highest BCUT2D eigenvalue weighted by atomic mass is 16.5. The van der Waals surface area contributed by atoms with Gasteiger partial charge >= 0.3 is 5.97 Å². The van der Waals surface area contributed by atoms with E-state index >= 15 is 0 Å². The van der Waals surface area contributed by atoms with E-state index in [9.17, 15) is 4.79 Å². The van der Waals surface area contributed by atoms with Crippen LogP contribution in [0.2, 0.25) is 0 Å². The highest BCUT2D eigenvalue weighted by Crippen LogP contribution is 2.47. The number of likely N-dealkylation sites (tertiary alicyclic amines) is 1. The Bertz CT molecular complexity index is 505. The van der Waals surface area contributed by atoms with Crippen molar-refractivity contribution in [2.24, 2.45) is 17.8 Å². The molecule has 1 saturated heterocycles. The molecule has 1 N–H and O–H groups in total. The summed E-state index contributed by atoms with van der Waals surface area (Å²) in [5.41, 5.74) is 1.29. The fourth-order valence-electron chi connectivity index (χ4n) is 3.23. The van der Waals surface area contributed by atoms with Crippen molar-refractivity contribution < 1.29 is 14.6 Å². The molecule has 0 bridgehead atoms. The van der Waals surface area contributed by atoms with Crippen LogP contribution >= 0.6 is 0 Å². The molecule has 2 atom stereocenters. The highest BCUT2D eigenvalue weighted by molar-refractivity contribution is 5.73. The first-order valence-corrected chi connectivity index (χ1v) is 7.73. The topological polar surface area (TPSA) is 49.8 Å². The Morgan fingerprint density at radius 2 is 2.00 bits per heavy atom. The number of carbonyl (C=O) groups is 1. The number of ether oxygens (including phenoxy) is 1. The van der Waals surface area contributed by atoms with E-state index in [1.165, 1.54) is 5.56 Å². The number of hydrogen-bond donors (Lipinski definition) is 1. The minimum atomic E-state index is -0.612. The molecule has 1 aromatic rings. The third kappa shape index (κ3) is 3.38. The van der Waals surface area contributed by atoms with Crippen molar-refractivity contribution in [3.63, 3.8) is 0 Å². The van der Waals surface area contributed by atoms with Crippen LogP contribution in [-0.2, 0) is 11.3 Å². The van der Waals surface area contributed by atoms with Gasteiger partial charge in [0.15, 0.2) is 0 Å². The van der Waals surface area contributed by atoms with Crippen molar-refractivity contribution in [1.82, 2.24) is 4.90 Å². The Balaban J connectivity index is 1.43. The van der Waals surface area contributed by atoms with E-state index in [2.05, 4.69) is 17.0 Å². The Morgan fingerprint density at radius 1 is 1.33 bits per heavy atom. The Kier molecular flexibility index (Phi) is 3.89. The molecule has 1 aliphatic heterocycles. The third-order valence-electron chi connectivity index (χ3n) is 4.45. The first-order chi connectivity index (χ1) is 10.0. The number of carboxylic acids is 1. The van der Waals surface area contributed by atoms with Gasteiger partial charge in [0, 0.05) is 19.6 Å². The summed E-state index contributed by atoms with van der Waals surface area (Å²) in [6, 6.07) is 8.27. The summed E-state index contributed by atoms with van der Waals surface area (Å²) >= 11 is 0. The van der Waals surface area contributed by atoms with Gasteiger partial charge in [-0.05, 0) is 49.8 Å². The second-order valence-corrected chi connectivity index (χ2v) is 6.61. The molecule has 0 aromatic heterocycles. The van der Waals surface area contributed by atoms with Gasteiger partial charge in [-0.3, -0.25) is 9.69 Å². The number of rotatable bonds is 6. The average Bonchev–Trinajstić information content (AvgIpc) is 3.14. The van der Waals surface area contributed by atoms with Crippen LogP contribution in [-0.4, -0.2) is 35.2 Å². The monoisotopic (exact) mass is 289 g/mol. The number of carboxylic acid groups (broad SMARTS) is 1. The molecule has 1 saturated carbocycles. The number of nitrogens with zero attached hydrogens (tertiary/aromatic N) is 1. The zero-order chi connectivity index (χ0) is 15.0. The van der Waals surface area contributed by atoms with Crippen LogP contribution in [0.15, 0.2) is 24.3 Å². The fraction of sp³-hybridized carbons (Fsp3) is 0.588. The molecule has 4 heteroatoms. The maximum atomic E-state index is 10.9. The Morgan fingerprint density at radius 3 is 2.52 bits per heavy atom. The molecule has 1 aromatic carbocycles. The van der Waals surface area contributed by atoms with Gasteiger partial charge in [-0.1, -0.05) is 12.1 Å². The minimum absolute atomic E-state index is 0.0652. The summed E-state index contributed by atoms with van der Waals surface area (Å²) in [5.74, 6) is 1.26. The fourth-order valence-corrected chi connectivity index (χ4v) is 3.23. The van der Waals surface area contributed by atoms with E-state index in [0.29, 0.717) is 11.8 Å². The van der Waals surface area contributed by atoms with Crippen molar-refractivity contribution in [3.8, 4) is 5.75 Å². The molecule has 2 aliphatic rings. The lowest BCUT2D eigenvalue weighted by atomic mass is 9.92. The van der Waals surface area contributed by atoms with E-state index in [4.69, 9.17) is 9.84 Å². The van der Waals surface area contributed by atoms with Crippen molar-refractivity contribution in [2.45, 2.75) is 32.9 Å². The highest BCUT2D eigenvalue weighted by Gasteiger charge is 2.51. The van der Waals surface area contributed by atoms with Crippen LogP contribution in [0.25, 0.3) is 0 Å².